The third-order valence-corrected chi connectivity index (χ3v) is 5.80. The Morgan fingerprint density at radius 2 is 2.04 bits per heavy atom. The molecule has 0 N–H and O–H groups in total. The summed E-state index contributed by atoms with van der Waals surface area (Å²) in [7, 11) is -3.54. The molecule has 7 heteroatoms. The molecule has 23 heavy (non-hydrogen) atoms. The lowest BCUT2D eigenvalue weighted by atomic mass is 10.1. The largest absolute Gasteiger partial charge is 0.381 e. The minimum Gasteiger partial charge on any atom is -0.381 e. The summed E-state index contributed by atoms with van der Waals surface area (Å²) in [6.45, 7) is 4.54. The SMILES string of the molecule is CCOC[C@@H]1CN(S(=O)(=O)c2ccccc2)Cc2nccn2C1. The molecule has 0 radical (unpaired) electrons. The Hall–Kier alpha value is -1.70. The van der Waals surface area contributed by atoms with Crippen molar-refractivity contribution in [1.29, 1.82) is 0 Å². The molecule has 0 bridgehead atoms. The second-order valence-electron chi connectivity index (χ2n) is 5.63. The highest BCUT2D eigenvalue weighted by Crippen LogP contribution is 2.23. The maximum Gasteiger partial charge on any atom is 0.243 e. The molecule has 0 unspecified atom stereocenters. The van der Waals surface area contributed by atoms with Gasteiger partial charge in [0.15, 0.2) is 0 Å². The summed E-state index contributed by atoms with van der Waals surface area (Å²) in [5.41, 5.74) is 0. The fourth-order valence-corrected chi connectivity index (χ4v) is 4.31. The van der Waals surface area contributed by atoms with Crippen molar-refractivity contribution in [3.05, 3.63) is 48.5 Å². The third-order valence-electron chi connectivity index (χ3n) is 3.97. The lowest BCUT2D eigenvalue weighted by molar-refractivity contribution is 0.0978. The molecule has 124 valence electrons. The number of fused-ring (bicyclic) bond motifs is 1. The van der Waals surface area contributed by atoms with Crippen LogP contribution in [0.15, 0.2) is 47.6 Å². The van der Waals surface area contributed by atoms with Crippen LogP contribution in [0, 0.1) is 5.92 Å². The van der Waals surface area contributed by atoms with Crippen molar-refractivity contribution < 1.29 is 13.2 Å². The van der Waals surface area contributed by atoms with Gasteiger partial charge in [0.2, 0.25) is 10.0 Å². The van der Waals surface area contributed by atoms with Crippen molar-refractivity contribution in [1.82, 2.24) is 13.9 Å². The van der Waals surface area contributed by atoms with E-state index in [0.717, 1.165) is 12.4 Å². The highest BCUT2D eigenvalue weighted by molar-refractivity contribution is 7.89. The van der Waals surface area contributed by atoms with Crippen LogP contribution in [0.2, 0.25) is 0 Å². The van der Waals surface area contributed by atoms with E-state index < -0.39 is 10.0 Å². The molecular weight excluding hydrogens is 314 g/mol. The topological polar surface area (TPSA) is 64.4 Å². The zero-order chi connectivity index (χ0) is 16.3. The number of imidazole rings is 1. The molecule has 0 fully saturated rings. The van der Waals surface area contributed by atoms with Crippen LogP contribution in [0.3, 0.4) is 0 Å². The molecule has 3 rings (SSSR count). The Kier molecular flexibility index (Phi) is 4.79. The zero-order valence-corrected chi connectivity index (χ0v) is 13.9. The number of hydrogen-bond donors (Lipinski definition) is 0. The molecular formula is C16H21N3O3S. The first-order valence-corrected chi connectivity index (χ1v) is 9.18. The molecule has 0 spiro atoms. The predicted molar refractivity (Wildman–Crippen MR) is 86.2 cm³/mol. The Morgan fingerprint density at radius 3 is 2.78 bits per heavy atom. The van der Waals surface area contributed by atoms with Crippen LogP contribution >= 0.6 is 0 Å². The van der Waals surface area contributed by atoms with Crippen LogP contribution < -0.4 is 0 Å². The molecule has 1 atom stereocenters. The van der Waals surface area contributed by atoms with Crippen molar-refractivity contribution >= 4 is 10.0 Å². The summed E-state index contributed by atoms with van der Waals surface area (Å²) >= 11 is 0. The van der Waals surface area contributed by atoms with E-state index in [4.69, 9.17) is 4.74 Å². The molecule has 6 nitrogen and oxygen atoms in total. The van der Waals surface area contributed by atoms with Gasteiger partial charge in [-0.3, -0.25) is 0 Å². The highest BCUT2D eigenvalue weighted by Gasteiger charge is 2.31. The monoisotopic (exact) mass is 335 g/mol. The van der Waals surface area contributed by atoms with E-state index in [9.17, 15) is 8.42 Å². The normalized spacial score (nSPS) is 19.3. The van der Waals surface area contributed by atoms with Crippen molar-refractivity contribution in [2.45, 2.75) is 24.9 Å². The number of sulfonamides is 1. The summed E-state index contributed by atoms with van der Waals surface area (Å²) in [4.78, 5) is 4.62. The number of nitrogens with zero attached hydrogens (tertiary/aromatic N) is 3. The fourth-order valence-electron chi connectivity index (χ4n) is 2.82. The maximum absolute atomic E-state index is 12.9. The Balaban J connectivity index is 1.91. The van der Waals surface area contributed by atoms with E-state index in [1.165, 1.54) is 4.31 Å². The number of ether oxygens (including phenoxy) is 1. The summed E-state index contributed by atoms with van der Waals surface area (Å²) in [6.07, 6.45) is 3.61. The quantitative estimate of drug-likeness (QED) is 0.835. The summed E-state index contributed by atoms with van der Waals surface area (Å²) in [5.74, 6) is 0.868. The van der Waals surface area contributed by atoms with Gasteiger partial charge in [0, 0.05) is 38.0 Å². The van der Waals surface area contributed by atoms with Gasteiger partial charge < -0.3 is 9.30 Å². The predicted octanol–water partition coefficient (Wildman–Crippen LogP) is 1.74. The molecule has 1 aliphatic rings. The van der Waals surface area contributed by atoms with E-state index >= 15 is 0 Å². The van der Waals surface area contributed by atoms with Gasteiger partial charge in [0.05, 0.1) is 18.0 Å². The van der Waals surface area contributed by atoms with E-state index in [-0.39, 0.29) is 12.5 Å². The molecule has 0 saturated heterocycles. The number of benzene rings is 1. The van der Waals surface area contributed by atoms with E-state index in [1.807, 2.05) is 23.8 Å². The van der Waals surface area contributed by atoms with Crippen LogP contribution in [0.5, 0.6) is 0 Å². The van der Waals surface area contributed by atoms with Crippen molar-refractivity contribution in [3.8, 4) is 0 Å². The maximum atomic E-state index is 12.9. The number of aromatic nitrogens is 2. The first-order valence-electron chi connectivity index (χ1n) is 7.74. The lowest BCUT2D eigenvalue weighted by Crippen LogP contribution is -2.35. The summed E-state index contributed by atoms with van der Waals surface area (Å²) < 4.78 is 34.9. The van der Waals surface area contributed by atoms with Gasteiger partial charge in [-0.05, 0) is 19.1 Å². The van der Waals surface area contributed by atoms with Gasteiger partial charge in [0.25, 0.3) is 0 Å². The van der Waals surface area contributed by atoms with Crippen molar-refractivity contribution in [3.63, 3.8) is 0 Å². The molecule has 1 aromatic heterocycles. The van der Waals surface area contributed by atoms with Gasteiger partial charge in [0.1, 0.15) is 5.82 Å². The molecule has 2 aromatic rings. The van der Waals surface area contributed by atoms with Crippen LogP contribution in [-0.4, -0.2) is 42.0 Å². The minimum atomic E-state index is -3.54. The summed E-state index contributed by atoms with van der Waals surface area (Å²) in [5, 5.41) is 0. The first kappa shape index (κ1) is 16.2. The summed E-state index contributed by atoms with van der Waals surface area (Å²) in [6, 6.07) is 8.55. The van der Waals surface area contributed by atoms with Crippen LogP contribution in [0.25, 0.3) is 0 Å². The van der Waals surface area contributed by atoms with Gasteiger partial charge in [-0.2, -0.15) is 4.31 Å². The zero-order valence-electron chi connectivity index (χ0n) is 13.1. The van der Waals surface area contributed by atoms with Gasteiger partial charge >= 0.3 is 0 Å². The average Bonchev–Trinajstić information content (AvgIpc) is 2.91. The van der Waals surface area contributed by atoms with Crippen molar-refractivity contribution in [2.24, 2.45) is 5.92 Å². The molecule has 0 amide bonds. The molecule has 1 aliphatic heterocycles. The molecule has 0 saturated carbocycles. The average molecular weight is 335 g/mol. The van der Waals surface area contributed by atoms with Gasteiger partial charge in [-0.1, -0.05) is 18.2 Å². The first-order chi connectivity index (χ1) is 11.1. The van der Waals surface area contributed by atoms with Crippen LogP contribution in [0.4, 0.5) is 0 Å². The molecule has 2 heterocycles. The molecule has 1 aromatic carbocycles. The highest BCUT2D eigenvalue weighted by atomic mass is 32.2. The van der Waals surface area contributed by atoms with Crippen molar-refractivity contribution in [2.75, 3.05) is 19.8 Å². The lowest BCUT2D eigenvalue weighted by Gasteiger charge is -2.23. The standard InChI is InChI=1S/C16H21N3O3S/c1-2-22-13-14-10-18-9-8-17-16(18)12-19(11-14)23(20,21)15-6-4-3-5-7-15/h3-9,14H,2,10-13H2,1H3/t14-/m0/s1. The molecule has 0 aliphatic carbocycles. The second kappa shape index (κ2) is 6.82. The number of rotatable bonds is 5. The fraction of sp³-hybridized carbons (Fsp3) is 0.438. The van der Waals surface area contributed by atoms with E-state index in [0.29, 0.717) is 24.7 Å². The van der Waals surface area contributed by atoms with Gasteiger partial charge in [-0.15, -0.1) is 0 Å². The van der Waals surface area contributed by atoms with Crippen LogP contribution in [-0.2, 0) is 27.8 Å². The smallest absolute Gasteiger partial charge is 0.243 e. The van der Waals surface area contributed by atoms with E-state index in [2.05, 4.69) is 4.98 Å². The Morgan fingerprint density at radius 1 is 1.26 bits per heavy atom. The third kappa shape index (κ3) is 3.46. The Labute approximate surface area is 136 Å². The Bertz CT molecular complexity index is 743. The van der Waals surface area contributed by atoms with Gasteiger partial charge in [-0.25, -0.2) is 13.4 Å². The minimum absolute atomic E-state index is 0.101. The number of hydrogen-bond acceptors (Lipinski definition) is 4. The second-order valence-corrected chi connectivity index (χ2v) is 7.57. The van der Waals surface area contributed by atoms with Crippen LogP contribution in [0.1, 0.15) is 12.7 Å². The van der Waals surface area contributed by atoms with E-state index in [1.54, 1.807) is 30.5 Å².